The van der Waals surface area contributed by atoms with Gasteiger partial charge in [0.05, 0.1) is 5.60 Å². The second kappa shape index (κ2) is 5.77. The molecule has 2 aliphatic rings. The van der Waals surface area contributed by atoms with Gasteiger partial charge in [-0.2, -0.15) is 0 Å². The lowest BCUT2D eigenvalue weighted by Gasteiger charge is -2.45. The minimum Gasteiger partial charge on any atom is -0.480 e. The first-order valence-corrected chi connectivity index (χ1v) is 7.24. The molecule has 19 heavy (non-hydrogen) atoms. The van der Waals surface area contributed by atoms with E-state index in [1.807, 2.05) is 0 Å². The summed E-state index contributed by atoms with van der Waals surface area (Å²) in [6, 6.07) is 0.222. The van der Waals surface area contributed by atoms with E-state index < -0.39 is 5.97 Å². The Balaban J connectivity index is 1.84. The summed E-state index contributed by atoms with van der Waals surface area (Å²) in [6.45, 7) is 10.6. The van der Waals surface area contributed by atoms with Gasteiger partial charge in [0, 0.05) is 38.8 Å². The van der Waals surface area contributed by atoms with Crippen molar-refractivity contribution in [2.24, 2.45) is 0 Å². The lowest BCUT2D eigenvalue weighted by atomic mass is 9.92. The maximum absolute atomic E-state index is 11.0. The molecular weight excluding hydrogens is 244 g/mol. The van der Waals surface area contributed by atoms with Crippen LogP contribution < -0.4 is 0 Å². The second-order valence-corrected chi connectivity index (χ2v) is 6.34. The van der Waals surface area contributed by atoms with E-state index in [4.69, 9.17) is 9.84 Å². The number of hydrogen-bond donors (Lipinski definition) is 1. The summed E-state index contributed by atoms with van der Waals surface area (Å²) in [5, 5.41) is 9.05. The Kier molecular flexibility index (Phi) is 4.48. The van der Waals surface area contributed by atoms with E-state index in [0.717, 1.165) is 45.6 Å². The molecule has 0 radical (unpaired) electrons. The SMILES string of the molecule is CC(C(=O)O)N1CCN(C2CCOC(C)(C)C2)CC1. The zero-order chi connectivity index (χ0) is 14.0. The van der Waals surface area contributed by atoms with Crippen LogP contribution in [0, 0.1) is 0 Å². The molecule has 2 rings (SSSR count). The molecule has 0 bridgehead atoms. The molecule has 5 heteroatoms. The van der Waals surface area contributed by atoms with Gasteiger partial charge in [-0.3, -0.25) is 14.6 Å². The first kappa shape index (κ1) is 14.8. The Bertz CT molecular complexity index is 325. The molecule has 0 amide bonds. The number of rotatable bonds is 3. The van der Waals surface area contributed by atoms with Crippen LogP contribution in [0.1, 0.15) is 33.6 Å². The van der Waals surface area contributed by atoms with Crippen LogP contribution in [-0.4, -0.2) is 71.3 Å². The third-order valence-electron chi connectivity index (χ3n) is 4.44. The van der Waals surface area contributed by atoms with E-state index >= 15 is 0 Å². The maximum Gasteiger partial charge on any atom is 0.320 e. The van der Waals surface area contributed by atoms with E-state index in [-0.39, 0.29) is 11.6 Å². The number of carboxylic acid groups (broad SMARTS) is 1. The van der Waals surface area contributed by atoms with Crippen LogP contribution in [0.3, 0.4) is 0 Å². The molecule has 0 saturated carbocycles. The van der Waals surface area contributed by atoms with Crippen molar-refractivity contribution in [3.63, 3.8) is 0 Å². The average molecular weight is 270 g/mol. The Morgan fingerprint density at radius 2 is 1.95 bits per heavy atom. The minimum atomic E-state index is -0.722. The average Bonchev–Trinajstić information content (AvgIpc) is 2.37. The van der Waals surface area contributed by atoms with E-state index in [1.165, 1.54) is 0 Å². The maximum atomic E-state index is 11.0. The Hall–Kier alpha value is -0.650. The van der Waals surface area contributed by atoms with Gasteiger partial charge < -0.3 is 9.84 Å². The predicted molar refractivity (Wildman–Crippen MR) is 73.3 cm³/mol. The molecule has 2 fully saturated rings. The predicted octanol–water partition coefficient (Wildman–Crippen LogP) is 1.03. The standard InChI is InChI=1S/C14H26N2O3/c1-11(13(17)18)15-5-7-16(8-6-15)12-4-9-19-14(2,3)10-12/h11-12H,4-10H2,1-3H3,(H,17,18). The van der Waals surface area contributed by atoms with Gasteiger partial charge in [-0.05, 0) is 33.6 Å². The molecule has 0 spiro atoms. The number of ether oxygens (including phenoxy) is 1. The number of piperazine rings is 1. The van der Waals surface area contributed by atoms with Crippen molar-refractivity contribution in [3.8, 4) is 0 Å². The summed E-state index contributed by atoms with van der Waals surface area (Å²) in [5.41, 5.74) is -0.0194. The lowest BCUT2D eigenvalue weighted by molar-refractivity contribution is -0.143. The molecule has 1 N–H and O–H groups in total. The fourth-order valence-electron chi connectivity index (χ4n) is 3.16. The molecule has 2 saturated heterocycles. The summed E-state index contributed by atoms with van der Waals surface area (Å²) < 4.78 is 5.76. The van der Waals surface area contributed by atoms with Crippen molar-refractivity contribution in [2.45, 2.75) is 51.3 Å². The van der Waals surface area contributed by atoms with Crippen LogP contribution in [0.25, 0.3) is 0 Å². The molecule has 0 aromatic rings. The molecule has 2 atom stereocenters. The quantitative estimate of drug-likeness (QED) is 0.830. The monoisotopic (exact) mass is 270 g/mol. The summed E-state index contributed by atoms with van der Waals surface area (Å²) in [5.74, 6) is -0.722. The second-order valence-electron chi connectivity index (χ2n) is 6.34. The fourth-order valence-corrected chi connectivity index (χ4v) is 3.16. The first-order valence-electron chi connectivity index (χ1n) is 7.24. The number of aliphatic carboxylic acids is 1. The fraction of sp³-hybridized carbons (Fsp3) is 0.929. The molecule has 2 heterocycles. The van der Waals surface area contributed by atoms with Crippen molar-refractivity contribution in [3.05, 3.63) is 0 Å². The summed E-state index contributed by atoms with van der Waals surface area (Å²) in [4.78, 5) is 15.6. The van der Waals surface area contributed by atoms with Gasteiger partial charge >= 0.3 is 5.97 Å². The zero-order valence-electron chi connectivity index (χ0n) is 12.3. The van der Waals surface area contributed by atoms with Gasteiger partial charge in [-0.1, -0.05) is 0 Å². The van der Waals surface area contributed by atoms with Crippen molar-refractivity contribution in [1.29, 1.82) is 0 Å². The van der Waals surface area contributed by atoms with Crippen LogP contribution in [0.15, 0.2) is 0 Å². The Morgan fingerprint density at radius 1 is 1.32 bits per heavy atom. The number of carbonyl (C=O) groups is 1. The molecule has 0 aromatic heterocycles. The molecule has 0 aromatic carbocycles. The Labute approximate surface area is 115 Å². The smallest absolute Gasteiger partial charge is 0.320 e. The highest BCUT2D eigenvalue weighted by atomic mass is 16.5. The van der Waals surface area contributed by atoms with E-state index in [2.05, 4.69) is 23.6 Å². The summed E-state index contributed by atoms with van der Waals surface area (Å²) in [6.07, 6.45) is 2.17. The van der Waals surface area contributed by atoms with Crippen molar-refractivity contribution < 1.29 is 14.6 Å². The molecule has 2 aliphatic heterocycles. The van der Waals surface area contributed by atoms with E-state index in [1.54, 1.807) is 6.92 Å². The molecule has 2 unspecified atom stereocenters. The van der Waals surface area contributed by atoms with Crippen molar-refractivity contribution in [2.75, 3.05) is 32.8 Å². The van der Waals surface area contributed by atoms with Crippen LogP contribution in [0.4, 0.5) is 0 Å². The summed E-state index contributed by atoms with van der Waals surface area (Å²) in [7, 11) is 0. The lowest BCUT2D eigenvalue weighted by Crippen LogP contribution is -2.56. The van der Waals surface area contributed by atoms with E-state index in [0.29, 0.717) is 6.04 Å². The van der Waals surface area contributed by atoms with Gasteiger partial charge in [-0.25, -0.2) is 0 Å². The summed E-state index contributed by atoms with van der Waals surface area (Å²) >= 11 is 0. The van der Waals surface area contributed by atoms with Gasteiger partial charge in [0.15, 0.2) is 0 Å². The highest BCUT2D eigenvalue weighted by Gasteiger charge is 2.34. The Morgan fingerprint density at radius 3 is 2.47 bits per heavy atom. The van der Waals surface area contributed by atoms with Crippen LogP contribution in [0.2, 0.25) is 0 Å². The number of hydrogen-bond acceptors (Lipinski definition) is 4. The van der Waals surface area contributed by atoms with E-state index in [9.17, 15) is 4.79 Å². The third-order valence-corrected chi connectivity index (χ3v) is 4.44. The van der Waals surface area contributed by atoms with Gasteiger partial charge in [0.1, 0.15) is 6.04 Å². The molecule has 110 valence electrons. The van der Waals surface area contributed by atoms with Crippen LogP contribution in [0.5, 0.6) is 0 Å². The van der Waals surface area contributed by atoms with Crippen molar-refractivity contribution >= 4 is 5.97 Å². The van der Waals surface area contributed by atoms with Crippen LogP contribution >= 0.6 is 0 Å². The molecular formula is C14H26N2O3. The van der Waals surface area contributed by atoms with Gasteiger partial charge in [-0.15, -0.1) is 0 Å². The first-order chi connectivity index (χ1) is 8.89. The third kappa shape index (κ3) is 3.68. The largest absolute Gasteiger partial charge is 0.480 e. The molecule has 0 aliphatic carbocycles. The zero-order valence-corrected chi connectivity index (χ0v) is 12.3. The van der Waals surface area contributed by atoms with Crippen LogP contribution in [-0.2, 0) is 9.53 Å². The van der Waals surface area contributed by atoms with Gasteiger partial charge in [0.25, 0.3) is 0 Å². The van der Waals surface area contributed by atoms with Crippen molar-refractivity contribution in [1.82, 2.24) is 9.80 Å². The van der Waals surface area contributed by atoms with Gasteiger partial charge in [0.2, 0.25) is 0 Å². The molecule has 5 nitrogen and oxygen atoms in total. The topological polar surface area (TPSA) is 53.0 Å². The minimum absolute atomic E-state index is 0.0194. The normalized spacial score (nSPS) is 31.0. The highest BCUT2D eigenvalue weighted by molar-refractivity contribution is 5.72. The number of carboxylic acids is 1. The highest BCUT2D eigenvalue weighted by Crippen LogP contribution is 2.28. The number of nitrogens with zero attached hydrogens (tertiary/aromatic N) is 2.